The summed E-state index contributed by atoms with van der Waals surface area (Å²) in [7, 11) is 0. The van der Waals surface area contributed by atoms with Gasteiger partial charge < -0.3 is 0 Å². The highest BCUT2D eigenvalue weighted by Gasteiger charge is 2.04. The Kier molecular flexibility index (Phi) is 2.71. The smallest absolute Gasteiger partial charge is 0.192 e. The minimum Gasteiger partial charge on any atom is -0.252 e. The predicted octanol–water partition coefficient (Wildman–Crippen LogP) is 3.13. The molecule has 2 heterocycles. The standard InChI is InChI=1S/C7H3Br2N3S/c8-4-1-2-5(10-3-4)6-11-7(9)13-12-6/h1-3H. The van der Waals surface area contributed by atoms with Crippen molar-refractivity contribution in [2.45, 2.75) is 0 Å². The van der Waals surface area contributed by atoms with E-state index in [9.17, 15) is 0 Å². The van der Waals surface area contributed by atoms with Gasteiger partial charge in [-0.15, -0.1) is 0 Å². The lowest BCUT2D eigenvalue weighted by atomic mass is 10.3. The molecule has 3 nitrogen and oxygen atoms in total. The van der Waals surface area contributed by atoms with Crippen LogP contribution in [0.5, 0.6) is 0 Å². The van der Waals surface area contributed by atoms with Crippen LogP contribution in [-0.4, -0.2) is 14.3 Å². The lowest BCUT2D eigenvalue weighted by Crippen LogP contribution is -1.83. The summed E-state index contributed by atoms with van der Waals surface area (Å²) in [5, 5.41) is 0. The average molecular weight is 321 g/mol. The quantitative estimate of drug-likeness (QED) is 0.810. The lowest BCUT2D eigenvalue weighted by Gasteiger charge is -1.92. The van der Waals surface area contributed by atoms with Crippen LogP contribution in [0.4, 0.5) is 0 Å². The van der Waals surface area contributed by atoms with E-state index in [1.54, 1.807) is 6.20 Å². The van der Waals surface area contributed by atoms with Crippen LogP contribution in [0, 0.1) is 0 Å². The van der Waals surface area contributed by atoms with Crippen LogP contribution in [0.2, 0.25) is 0 Å². The van der Waals surface area contributed by atoms with E-state index in [0.29, 0.717) is 5.82 Å². The molecule has 0 spiro atoms. The van der Waals surface area contributed by atoms with Crippen molar-refractivity contribution in [3.05, 3.63) is 26.7 Å². The molecule has 0 saturated carbocycles. The fourth-order valence-corrected chi connectivity index (χ4v) is 1.86. The molecule has 2 rings (SSSR count). The van der Waals surface area contributed by atoms with Crippen LogP contribution in [-0.2, 0) is 0 Å². The lowest BCUT2D eigenvalue weighted by molar-refractivity contribution is 1.22. The number of halogens is 2. The zero-order chi connectivity index (χ0) is 9.26. The van der Waals surface area contributed by atoms with Crippen molar-refractivity contribution in [2.24, 2.45) is 0 Å². The van der Waals surface area contributed by atoms with Gasteiger partial charge >= 0.3 is 0 Å². The van der Waals surface area contributed by atoms with E-state index in [0.717, 1.165) is 14.1 Å². The minimum atomic E-state index is 0.657. The Labute approximate surface area is 95.7 Å². The summed E-state index contributed by atoms with van der Waals surface area (Å²) >= 11 is 7.87. The van der Waals surface area contributed by atoms with E-state index in [4.69, 9.17) is 0 Å². The van der Waals surface area contributed by atoms with E-state index in [1.807, 2.05) is 12.1 Å². The normalized spacial score (nSPS) is 10.3. The Hall–Kier alpha value is -0.330. The maximum atomic E-state index is 4.18. The topological polar surface area (TPSA) is 38.7 Å². The van der Waals surface area contributed by atoms with Crippen LogP contribution < -0.4 is 0 Å². The molecule has 0 aliphatic rings. The average Bonchev–Trinajstić information content (AvgIpc) is 2.53. The van der Waals surface area contributed by atoms with Gasteiger partial charge in [-0.25, -0.2) is 4.98 Å². The van der Waals surface area contributed by atoms with Gasteiger partial charge in [-0.2, -0.15) is 4.37 Å². The van der Waals surface area contributed by atoms with Crippen molar-refractivity contribution in [3.63, 3.8) is 0 Å². The zero-order valence-corrected chi connectivity index (χ0v) is 10.2. The van der Waals surface area contributed by atoms with Crippen molar-refractivity contribution in [1.82, 2.24) is 14.3 Å². The molecule has 6 heteroatoms. The third-order valence-corrected chi connectivity index (χ3v) is 2.94. The monoisotopic (exact) mass is 319 g/mol. The summed E-state index contributed by atoms with van der Waals surface area (Å²) < 4.78 is 5.84. The summed E-state index contributed by atoms with van der Waals surface area (Å²) in [6.45, 7) is 0. The van der Waals surface area contributed by atoms with Crippen molar-refractivity contribution >= 4 is 43.4 Å². The zero-order valence-electron chi connectivity index (χ0n) is 6.24. The molecule has 0 aliphatic heterocycles. The highest BCUT2D eigenvalue weighted by Crippen LogP contribution is 2.20. The third kappa shape index (κ3) is 2.12. The highest BCUT2D eigenvalue weighted by atomic mass is 79.9. The summed E-state index contributed by atoms with van der Waals surface area (Å²) in [6.07, 6.45) is 1.73. The first kappa shape index (κ1) is 9.23. The molecular weight excluding hydrogens is 318 g/mol. The van der Waals surface area contributed by atoms with E-state index in [2.05, 4.69) is 46.2 Å². The molecule has 0 amide bonds. The van der Waals surface area contributed by atoms with E-state index < -0.39 is 0 Å². The Morgan fingerprint density at radius 2 is 2.08 bits per heavy atom. The van der Waals surface area contributed by atoms with Crippen molar-refractivity contribution in [1.29, 1.82) is 0 Å². The van der Waals surface area contributed by atoms with Crippen LogP contribution in [0.25, 0.3) is 11.5 Å². The summed E-state index contributed by atoms with van der Waals surface area (Å²) in [4.78, 5) is 8.33. The first-order valence-corrected chi connectivity index (χ1v) is 5.73. The number of aromatic nitrogens is 3. The van der Waals surface area contributed by atoms with Crippen LogP contribution in [0.3, 0.4) is 0 Å². The van der Waals surface area contributed by atoms with Crippen molar-refractivity contribution in [2.75, 3.05) is 0 Å². The number of rotatable bonds is 1. The highest BCUT2D eigenvalue weighted by molar-refractivity contribution is 9.11. The Bertz CT molecular complexity index is 412. The van der Waals surface area contributed by atoms with Gasteiger partial charge in [0.2, 0.25) is 0 Å². The van der Waals surface area contributed by atoms with Gasteiger partial charge in [-0.05, 0) is 55.5 Å². The maximum absolute atomic E-state index is 4.18. The van der Waals surface area contributed by atoms with E-state index in [-0.39, 0.29) is 0 Å². The van der Waals surface area contributed by atoms with Crippen molar-refractivity contribution in [3.8, 4) is 11.5 Å². The number of pyridine rings is 1. The Morgan fingerprint density at radius 3 is 2.62 bits per heavy atom. The van der Waals surface area contributed by atoms with Gasteiger partial charge in [0.15, 0.2) is 9.74 Å². The number of hydrogen-bond acceptors (Lipinski definition) is 4. The predicted molar refractivity (Wildman–Crippen MR) is 58.5 cm³/mol. The second-order valence-electron chi connectivity index (χ2n) is 2.23. The molecule has 0 N–H and O–H groups in total. The molecule has 0 bridgehead atoms. The molecule has 0 unspecified atom stereocenters. The minimum absolute atomic E-state index is 0.657. The van der Waals surface area contributed by atoms with Gasteiger partial charge in [0.25, 0.3) is 0 Å². The first-order valence-electron chi connectivity index (χ1n) is 3.37. The van der Waals surface area contributed by atoms with Gasteiger partial charge in [0, 0.05) is 10.7 Å². The largest absolute Gasteiger partial charge is 0.252 e. The third-order valence-electron chi connectivity index (χ3n) is 1.36. The molecule has 0 aromatic carbocycles. The Balaban J connectivity index is 2.41. The van der Waals surface area contributed by atoms with E-state index >= 15 is 0 Å². The second kappa shape index (κ2) is 3.81. The number of hydrogen-bond donors (Lipinski definition) is 0. The van der Waals surface area contributed by atoms with Crippen molar-refractivity contribution < 1.29 is 0 Å². The molecule has 0 aliphatic carbocycles. The number of nitrogens with zero attached hydrogens (tertiary/aromatic N) is 3. The molecule has 66 valence electrons. The molecule has 0 fully saturated rings. The SMILES string of the molecule is Brc1ccc(-c2nsc(Br)n2)nc1. The molecule has 0 radical (unpaired) electrons. The molecule has 2 aromatic rings. The van der Waals surface area contributed by atoms with Gasteiger partial charge in [0.05, 0.1) is 0 Å². The van der Waals surface area contributed by atoms with Crippen LogP contribution in [0.1, 0.15) is 0 Å². The maximum Gasteiger partial charge on any atom is 0.192 e. The van der Waals surface area contributed by atoms with Gasteiger partial charge in [-0.1, -0.05) is 0 Å². The van der Waals surface area contributed by atoms with Crippen LogP contribution >= 0.6 is 43.4 Å². The summed E-state index contributed by atoms with van der Waals surface area (Å²) in [6, 6.07) is 3.79. The fraction of sp³-hybridized carbons (Fsp3) is 0. The molecular formula is C7H3Br2N3S. The molecule has 13 heavy (non-hydrogen) atoms. The van der Waals surface area contributed by atoms with Gasteiger partial charge in [-0.3, -0.25) is 4.98 Å². The van der Waals surface area contributed by atoms with Gasteiger partial charge in [0.1, 0.15) is 5.69 Å². The van der Waals surface area contributed by atoms with Crippen LogP contribution in [0.15, 0.2) is 26.7 Å². The Morgan fingerprint density at radius 1 is 1.23 bits per heavy atom. The first-order chi connectivity index (χ1) is 6.25. The molecule has 0 atom stereocenters. The fourth-order valence-electron chi connectivity index (χ4n) is 0.817. The molecule has 0 saturated heterocycles. The van der Waals surface area contributed by atoms with E-state index in [1.165, 1.54) is 11.5 Å². The summed E-state index contributed by atoms with van der Waals surface area (Å²) in [5.74, 6) is 0.657. The second-order valence-corrected chi connectivity index (χ2v) is 5.18. The molecule has 2 aromatic heterocycles. The summed E-state index contributed by atoms with van der Waals surface area (Å²) in [5.41, 5.74) is 0.783.